The molecule has 0 unspecified atom stereocenters. The fraction of sp³-hybridized carbons (Fsp3) is 0.318. The molecule has 12 nitrogen and oxygen atoms in total. The van der Waals surface area contributed by atoms with E-state index >= 15 is 0 Å². The highest BCUT2D eigenvalue weighted by molar-refractivity contribution is 6.32. The molecule has 2 atom stereocenters. The van der Waals surface area contributed by atoms with Gasteiger partial charge in [0.15, 0.2) is 23.6 Å². The van der Waals surface area contributed by atoms with Crippen molar-refractivity contribution in [1.82, 2.24) is 5.01 Å². The van der Waals surface area contributed by atoms with Crippen molar-refractivity contribution < 1.29 is 33.3 Å². The first-order valence-corrected chi connectivity index (χ1v) is 10.7. The van der Waals surface area contributed by atoms with Crippen molar-refractivity contribution >= 4 is 40.7 Å². The number of hydrogen-bond donors (Lipinski definition) is 1. The minimum Gasteiger partial charge on any atom is -0.495 e. The fourth-order valence-electron chi connectivity index (χ4n) is 3.87. The number of carbonyl (C=O) groups excluding carboxylic acids is 3. The molecular weight excluding hydrogens is 482 g/mol. The monoisotopic (exact) mass is 503 g/mol. The molecule has 1 fully saturated rings. The SMILES string of the molecule is COc1cc(OC)c(NC(=O)CN2N=N[C@H]3C(=O)N(c4ccc(OC)c(OC)c4)C(=O)[C@@H]32)cc1Cl. The number of methoxy groups -OCH3 is 4. The van der Waals surface area contributed by atoms with Crippen LogP contribution in [0, 0.1) is 0 Å². The highest BCUT2D eigenvalue weighted by Crippen LogP contribution is 2.38. The lowest BCUT2D eigenvalue weighted by Crippen LogP contribution is -2.43. The molecule has 13 heteroatoms. The van der Waals surface area contributed by atoms with Crippen LogP contribution in [0.25, 0.3) is 0 Å². The molecule has 0 aliphatic carbocycles. The molecule has 35 heavy (non-hydrogen) atoms. The summed E-state index contributed by atoms with van der Waals surface area (Å²) in [6.45, 7) is -0.337. The second kappa shape index (κ2) is 9.66. The number of hydrogen-bond acceptors (Lipinski definition) is 10. The van der Waals surface area contributed by atoms with Crippen molar-refractivity contribution in [3.63, 3.8) is 0 Å². The molecule has 1 saturated heterocycles. The number of nitrogens with one attached hydrogen (secondary N) is 1. The van der Waals surface area contributed by atoms with Crippen LogP contribution >= 0.6 is 11.6 Å². The van der Waals surface area contributed by atoms with Crippen LogP contribution < -0.4 is 29.2 Å². The Morgan fingerprint density at radius 1 is 0.943 bits per heavy atom. The van der Waals surface area contributed by atoms with E-state index in [4.69, 9.17) is 30.5 Å². The van der Waals surface area contributed by atoms with Gasteiger partial charge in [0.25, 0.3) is 11.8 Å². The molecule has 0 spiro atoms. The van der Waals surface area contributed by atoms with Crippen LogP contribution in [-0.4, -0.2) is 69.8 Å². The van der Waals surface area contributed by atoms with Gasteiger partial charge in [-0.2, -0.15) is 5.11 Å². The summed E-state index contributed by atoms with van der Waals surface area (Å²) >= 11 is 6.16. The minimum absolute atomic E-state index is 0.270. The number of benzene rings is 2. The lowest BCUT2D eigenvalue weighted by Gasteiger charge is -2.21. The van der Waals surface area contributed by atoms with Gasteiger partial charge in [0.2, 0.25) is 5.91 Å². The van der Waals surface area contributed by atoms with Gasteiger partial charge in [0, 0.05) is 12.1 Å². The van der Waals surface area contributed by atoms with Crippen LogP contribution in [0.2, 0.25) is 5.02 Å². The molecule has 184 valence electrons. The number of fused-ring (bicyclic) bond motifs is 1. The molecule has 0 saturated carbocycles. The Morgan fingerprint density at radius 3 is 2.29 bits per heavy atom. The Hall–Kier alpha value is -4.06. The molecular formula is C22H22ClN5O7. The number of carbonyl (C=O) groups is 3. The topological polar surface area (TPSA) is 131 Å². The lowest BCUT2D eigenvalue weighted by molar-refractivity contribution is -0.123. The van der Waals surface area contributed by atoms with E-state index in [0.29, 0.717) is 34.4 Å². The van der Waals surface area contributed by atoms with E-state index in [9.17, 15) is 14.4 Å². The van der Waals surface area contributed by atoms with Crippen molar-refractivity contribution in [3.05, 3.63) is 35.4 Å². The van der Waals surface area contributed by atoms with E-state index in [1.165, 1.54) is 51.6 Å². The van der Waals surface area contributed by atoms with E-state index < -0.39 is 29.8 Å². The number of rotatable bonds is 8. The van der Waals surface area contributed by atoms with Gasteiger partial charge in [-0.1, -0.05) is 16.8 Å². The van der Waals surface area contributed by atoms with Crippen molar-refractivity contribution in [2.45, 2.75) is 12.1 Å². The molecule has 0 radical (unpaired) electrons. The van der Waals surface area contributed by atoms with Crippen LogP contribution in [-0.2, 0) is 14.4 Å². The van der Waals surface area contributed by atoms with E-state index in [1.807, 2.05) is 0 Å². The van der Waals surface area contributed by atoms with Crippen LogP contribution in [0.4, 0.5) is 11.4 Å². The zero-order chi connectivity index (χ0) is 25.3. The normalized spacial score (nSPS) is 18.5. The molecule has 2 aliphatic rings. The molecule has 2 heterocycles. The van der Waals surface area contributed by atoms with Gasteiger partial charge in [-0.05, 0) is 18.2 Å². The average Bonchev–Trinajstić information content (AvgIpc) is 3.37. The highest BCUT2D eigenvalue weighted by Gasteiger charge is 2.55. The summed E-state index contributed by atoms with van der Waals surface area (Å²) in [5, 5.41) is 11.9. The second-order valence-corrected chi connectivity index (χ2v) is 7.89. The number of amides is 3. The molecule has 2 aromatic rings. The van der Waals surface area contributed by atoms with E-state index in [1.54, 1.807) is 12.1 Å². The maximum absolute atomic E-state index is 13.2. The first-order valence-electron chi connectivity index (χ1n) is 10.3. The van der Waals surface area contributed by atoms with Crippen LogP contribution in [0.1, 0.15) is 0 Å². The third-order valence-electron chi connectivity index (χ3n) is 5.54. The Labute approximate surface area is 205 Å². The van der Waals surface area contributed by atoms with Crippen LogP contribution in [0.15, 0.2) is 40.7 Å². The summed E-state index contributed by atoms with van der Waals surface area (Å²) in [4.78, 5) is 39.9. The summed E-state index contributed by atoms with van der Waals surface area (Å²) < 4.78 is 20.9. The maximum Gasteiger partial charge on any atom is 0.263 e. The molecule has 4 rings (SSSR count). The molecule has 1 N–H and O–H groups in total. The van der Waals surface area contributed by atoms with Gasteiger partial charge in [-0.25, -0.2) is 4.90 Å². The van der Waals surface area contributed by atoms with Gasteiger partial charge in [0.1, 0.15) is 18.0 Å². The lowest BCUT2D eigenvalue weighted by atomic mass is 10.1. The zero-order valence-electron chi connectivity index (χ0n) is 19.3. The van der Waals surface area contributed by atoms with Crippen molar-refractivity contribution in [1.29, 1.82) is 0 Å². The summed E-state index contributed by atoms with van der Waals surface area (Å²) in [5.74, 6) is -0.128. The first kappa shape index (κ1) is 24.1. The van der Waals surface area contributed by atoms with Crippen molar-refractivity contribution in [3.8, 4) is 23.0 Å². The quantitative estimate of drug-likeness (QED) is 0.543. The van der Waals surface area contributed by atoms with E-state index in [-0.39, 0.29) is 11.6 Å². The van der Waals surface area contributed by atoms with Crippen LogP contribution in [0.3, 0.4) is 0 Å². The number of halogens is 1. The molecule has 2 aliphatic heterocycles. The summed E-state index contributed by atoms with van der Waals surface area (Å²) in [5.41, 5.74) is 0.598. The predicted molar refractivity (Wildman–Crippen MR) is 124 cm³/mol. The standard InChI is InChI=1S/C22H22ClN5O7/c1-32-14-6-5-11(7-17(14)35-4)28-21(30)19-20(22(28)31)27(26-25-19)10-18(29)24-13-8-12(23)15(33-2)9-16(13)34-3/h5-9,19-20H,10H2,1-4H3,(H,24,29)/t19-,20-/m1/s1. The smallest absolute Gasteiger partial charge is 0.263 e. The Bertz CT molecular complexity index is 1220. The molecule has 2 aromatic carbocycles. The third kappa shape index (κ3) is 4.28. The van der Waals surface area contributed by atoms with Gasteiger partial charge in [0.05, 0.1) is 44.8 Å². The summed E-state index contributed by atoms with van der Waals surface area (Å²) in [6.07, 6.45) is 0. The number of anilines is 2. The number of ether oxygens (including phenoxy) is 4. The first-order chi connectivity index (χ1) is 16.8. The van der Waals surface area contributed by atoms with E-state index in [0.717, 1.165) is 4.90 Å². The Kier molecular flexibility index (Phi) is 6.65. The maximum atomic E-state index is 13.2. The van der Waals surface area contributed by atoms with E-state index in [2.05, 4.69) is 15.7 Å². The Balaban J connectivity index is 1.51. The average molecular weight is 504 g/mol. The molecule has 0 aromatic heterocycles. The minimum atomic E-state index is -1.06. The summed E-state index contributed by atoms with van der Waals surface area (Å²) in [6, 6.07) is 5.56. The van der Waals surface area contributed by atoms with Gasteiger partial charge in [-0.15, -0.1) is 0 Å². The Morgan fingerprint density at radius 2 is 1.63 bits per heavy atom. The largest absolute Gasteiger partial charge is 0.495 e. The van der Waals surface area contributed by atoms with Gasteiger partial charge < -0.3 is 24.3 Å². The molecule has 0 bridgehead atoms. The van der Waals surface area contributed by atoms with Gasteiger partial charge >= 0.3 is 0 Å². The number of nitrogens with zero attached hydrogens (tertiary/aromatic N) is 4. The zero-order valence-corrected chi connectivity index (χ0v) is 20.0. The summed E-state index contributed by atoms with van der Waals surface area (Å²) in [7, 11) is 5.82. The fourth-order valence-corrected chi connectivity index (χ4v) is 4.11. The second-order valence-electron chi connectivity index (χ2n) is 7.48. The van der Waals surface area contributed by atoms with Crippen molar-refractivity contribution in [2.24, 2.45) is 10.3 Å². The van der Waals surface area contributed by atoms with Crippen LogP contribution in [0.5, 0.6) is 23.0 Å². The highest BCUT2D eigenvalue weighted by atomic mass is 35.5. The number of imide groups is 1. The third-order valence-corrected chi connectivity index (χ3v) is 5.83. The predicted octanol–water partition coefficient (Wildman–Crippen LogP) is 2.31. The molecule has 3 amide bonds. The van der Waals surface area contributed by atoms with Crippen molar-refractivity contribution in [2.75, 3.05) is 45.2 Å². The van der Waals surface area contributed by atoms with Gasteiger partial charge in [-0.3, -0.25) is 19.4 Å².